The third-order valence-electron chi connectivity index (χ3n) is 13.3. The van der Waals surface area contributed by atoms with E-state index >= 15 is 0 Å². The van der Waals surface area contributed by atoms with Crippen molar-refractivity contribution in [2.45, 2.75) is 121 Å². The minimum Gasteiger partial charge on any atom is -0.384 e. The maximum atomic E-state index is 14.6. The molecule has 2 aromatic heterocycles. The van der Waals surface area contributed by atoms with E-state index in [2.05, 4.69) is 25.7 Å². The SMILES string of the molecule is Cc1noc(C)c1-c1ccc2c(c1)nc([C@@H]1CCCC(=O)N1c1ccc(F)c(F)c1)n2C1CCC(NC(=O)CCCCCNc2cccc3c2C(=O)N(C2CCC(=O)NC2=O)C3=O)CC1. The molecule has 3 fully saturated rings. The van der Waals surface area contributed by atoms with E-state index < -0.39 is 47.3 Å². The lowest BCUT2D eigenvalue weighted by molar-refractivity contribution is -0.136. The van der Waals surface area contributed by atoms with Gasteiger partial charge in [0.1, 0.15) is 17.6 Å². The van der Waals surface area contributed by atoms with Crippen molar-refractivity contribution < 1.29 is 42.1 Å². The summed E-state index contributed by atoms with van der Waals surface area (Å²) in [4.78, 5) is 85.2. The number of imide groups is 2. The Morgan fingerprint density at radius 3 is 2.40 bits per heavy atom. The van der Waals surface area contributed by atoms with E-state index in [4.69, 9.17) is 9.51 Å². The summed E-state index contributed by atoms with van der Waals surface area (Å²) in [6.07, 6.45) is 7.05. The number of aryl methyl sites for hydroxylation is 2. The first-order valence-electron chi connectivity index (χ1n) is 22.5. The number of piperidine rings is 2. The molecule has 5 heterocycles. The predicted molar refractivity (Wildman–Crippen MR) is 235 cm³/mol. The summed E-state index contributed by atoms with van der Waals surface area (Å²) in [7, 11) is 0. The van der Waals surface area contributed by atoms with Gasteiger partial charge in [0.05, 0.1) is 33.9 Å². The molecule has 2 atom stereocenters. The summed E-state index contributed by atoms with van der Waals surface area (Å²) >= 11 is 0. The summed E-state index contributed by atoms with van der Waals surface area (Å²) in [5, 5.41) is 12.8. The van der Waals surface area contributed by atoms with E-state index in [0.717, 1.165) is 77.0 Å². The lowest BCUT2D eigenvalue weighted by Gasteiger charge is -2.37. The molecule has 1 saturated carbocycles. The number of nitrogens with zero attached hydrogens (tertiary/aromatic N) is 5. The van der Waals surface area contributed by atoms with Crippen LogP contribution in [0.5, 0.6) is 0 Å². The van der Waals surface area contributed by atoms with E-state index in [1.54, 1.807) is 23.1 Å². The fraction of sp³-hybridized carbons (Fsp3) is 0.417. The molecule has 0 bridgehead atoms. The Balaban J connectivity index is 0.821. The number of halogens is 2. The first-order valence-corrected chi connectivity index (χ1v) is 22.5. The Labute approximate surface area is 373 Å². The molecule has 4 aliphatic rings. The quantitative estimate of drug-likeness (QED) is 0.0788. The van der Waals surface area contributed by atoms with Crippen LogP contribution in [0.15, 0.2) is 59.1 Å². The molecule has 3 aliphatic heterocycles. The van der Waals surface area contributed by atoms with Crippen molar-refractivity contribution in [3.63, 3.8) is 0 Å². The van der Waals surface area contributed by atoms with Gasteiger partial charge in [0, 0.05) is 60.9 Å². The molecule has 2 saturated heterocycles. The largest absolute Gasteiger partial charge is 0.384 e. The average molecular weight is 889 g/mol. The van der Waals surface area contributed by atoms with Crippen LogP contribution in [0.2, 0.25) is 0 Å². The number of carbonyl (C=O) groups excluding carboxylic acids is 6. The van der Waals surface area contributed by atoms with Crippen molar-refractivity contribution in [3.8, 4) is 11.1 Å². The molecule has 3 N–H and O–H groups in total. The molecule has 1 unspecified atom stereocenters. The van der Waals surface area contributed by atoms with Crippen LogP contribution in [0.3, 0.4) is 0 Å². The number of carbonyl (C=O) groups is 6. The number of benzene rings is 3. The van der Waals surface area contributed by atoms with Crippen LogP contribution in [0.1, 0.15) is 134 Å². The summed E-state index contributed by atoms with van der Waals surface area (Å²) < 4.78 is 36.3. The summed E-state index contributed by atoms with van der Waals surface area (Å²) in [6.45, 7) is 4.25. The Hall–Kier alpha value is -6.78. The minimum absolute atomic E-state index is 0.00385. The number of rotatable bonds is 13. The maximum Gasteiger partial charge on any atom is 0.264 e. The second kappa shape index (κ2) is 18.0. The Morgan fingerprint density at radius 1 is 0.831 bits per heavy atom. The molecule has 9 rings (SSSR count). The van der Waals surface area contributed by atoms with Gasteiger partial charge in [-0.1, -0.05) is 23.7 Å². The Kier molecular flexibility index (Phi) is 12.0. The van der Waals surface area contributed by atoms with Crippen LogP contribution >= 0.6 is 0 Å². The van der Waals surface area contributed by atoms with Gasteiger partial charge in [0.25, 0.3) is 11.8 Å². The first-order chi connectivity index (χ1) is 31.4. The molecule has 5 aromatic rings. The van der Waals surface area contributed by atoms with Gasteiger partial charge in [-0.05, 0) is 114 Å². The van der Waals surface area contributed by atoms with Gasteiger partial charge >= 0.3 is 0 Å². The highest BCUT2D eigenvalue weighted by Gasteiger charge is 2.46. The van der Waals surface area contributed by atoms with Crippen molar-refractivity contribution in [1.29, 1.82) is 0 Å². The Bertz CT molecular complexity index is 2720. The van der Waals surface area contributed by atoms with E-state index in [0.29, 0.717) is 55.9 Å². The number of nitrogens with one attached hydrogen (secondary N) is 3. The molecular weight excluding hydrogens is 839 g/mol. The molecule has 0 radical (unpaired) electrons. The number of aromatic nitrogens is 3. The number of amides is 6. The molecule has 17 heteroatoms. The first kappa shape index (κ1) is 43.5. The number of imidazole rings is 1. The van der Waals surface area contributed by atoms with Crippen molar-refractivity contribution >= 4 is 57.9 Å². The monoisotopic (exact) mass is 888 g/mol. The predicted octanol–water partition coefficient (Wildman–Crippen LogP) is 7.52. The van der Waals surface area contributed by atoms with Crippen molar-refractivity contribution in [1.82, 2.24) is 30.2 Å². The zero-order chi connectivity index (χ0) is 45.5. The molecule has 15 nitrogen and oxygen atoms in total. The standard InChI is InChI=1S/C48H50F2N8O7/c1-26-43(27(2)65-55-26)28-13-20-37-36(24-28)53-45(38-10-7-12-42(61)56(38)31-18-19-33(49)34(50)25-31)57(37)30-16-14-29(15-17-30)52-40(59)11-4-3-5-23-51-35-9-6-8-32-44(35)48(64)58(47(32)63)39-21-22-41(60)54-46(39)62/h6,8-9,13,18-20,24-25,29-30,38-39,51H,3-5,7,10-12,14-17,21-23H2,1-2H3,(H,52,59)(H,54,60,62)/t29?,30?,38-,39?/m0/s1. The second-order valence-corrected chi connectivity index (χ2v) is 17.5. The molecule has 0 spiro atoms. The van der Waals surface area contributed by atoms with Gasteiger partial charge in [-0.2, -0.15) is 0 Å². The van der Waals surface area contributed by atoms with Gasteiger partial charge in [0.15, 0.2) is 11.6 Å². The zero-order valence-corrected chi connectivity index (χ0v) is 36.3. The molecule has 6 amide bonds. The second-order valence-electron chi connectivity index (χ2n) is 17.5. The molecule has 1 aliphatic carbocycles. The topological polar surface area (TPSA) is 189 Å². The van der Waals surface area contributed by atoms with Crippen LogP contribution < -0.4 is 20.9 Å². The highest BCUT2D eigenvalue weighted by Crippen LogP contribution is 2.42. The van der Waals surface area contributed by atoms with Gasteiger partial charge in [0.2, 0.25) is 23.6 Å². The fourth-order valence-electron chi connectivity index (χ4n) is 10.1. The number of anilines is 2. The normalized spacial score (nSPS) is 21.3. The summed E-state index contributed by atoms with van der Waals surface area (Å²) in [5.74, 6) is -3.06. The smallest absolute Gasteiger partial charge is 0.264 e. The molecule has 65 heavy (non-hydrogen) atoms. The molecule has 338 valence electrons. The van der Waals surface area contributed by atoms with Crippen molar-refractivity contribution in [3.05, 3.63) is 94.6 Å². The summed E-state index contributed by atoms with van der Waals surface area (Å²) in [6, 6.07) is 13.0. The summed E-state index contributed by atoms with van der Waals surface area (Å²) in [5.41, 5.74) is 5.38. The highest BCUT2D eigenvalue weighted by atomic mass is 19.2. The van der Waals surface area contributed by atoms with E-state index in [9.17, 15) is 37.5 Å². The van der Waals surface area contributed by atoms with Crippen LogP contribution in [0.25, 0.3) is 22.2 Å². The third-order valence-corrected chi connectivity index (χ3v) is 13.3. The number of unbranched alkanes of at least 4 members (excludes halogenated alkanes) is 2. The number of hydrogen-bond acceptors (Lipinski definition) is 10. The minimum atomic E-state index is -1.04. The van der Waals surface area contributed by atoms with Gasteiger partial charge in [-0.25, -0.2) is 13.8 Å². The van der Waals surface area contributed by atoms with E-state index in [1.807, 2.05) is 32.0 Å². The lowest BCUT2D eigenvalue weighted by Crippen LogP contribution is -2.54. The van der Waals surface area contributed by atoms with Gasteiger partial charge in [-0.3, -0.25) is 39.0 Å². The average Bonchev–Trinajstić information content (AvgIpc) is 3.92. The molecule has 3 aromatic carbocycles. The highest BCUT2D eigenvalue weighted by molar-refractivity contribution is 6.25. The fourth-order valence-corrected chi connectivity index (χ4v) is 10.1. The van der Waals surface area contributed by atoms with Crippen LogP contribution in [0, 0.1) is 25.5 Å². The third kappa shape index (κ3) is 8.39. The van der Waals surface area contributed by atoms with Crippen LogP contribution in [0.4, 0.5) is 20.2 Å². The molecular formula is C48H50F2N8O7. The maximum absolute atomic E-state index is 14.6. The Morgan fingerprint density at radius 2 is 1.65 bits per heavy atom. The van der Waals surface area contributed by atoms with E-state index in [1.165, 1.54) is 6.07 Å². The van der Waals surface area contributed by atoms with Gasteiger partial charge in [-0.15, -0.1) is 0 Å². The lowest BCUT2D eigenvalue weighted by atomic mass is 9.90. The van der Waals surface area contributed by atoms with Crippen molar-refractivity contribution in [2.24, 2.45) is 0 Å². The van der Waals surface area contributed by atoms with E-state index in [-0.39, 0.29) is 60.0 Å². The van der Waals surface area contributed by atoms with Gasteiger partial charge < -0.3 is 24.6 Å². The van der Waals surface area contributed by atoms with Crippen LogP contribution in [-0.4, -0.2) is 73.7 Å². The zero-order valence-electron chi connectivity index (χ0n) is 36.3. The number of hydrogen-bond donors (Lipinski definition) is 3. The van der Waals surface area contributed by atoms with Crippen molar-refractivity contribution in [2.75, 3.05) is 16.8 Å². The number of fused-ring (bicyclic) bond motifs is 2. The van der Waals surface area contributed by atoms with Crippen LogP contribution in [-0.2, 0) is 19.2 Å².